The number of hydrogen-bond acceptors (Lipinski definition) is 5. The van der Waals surface area contributed by atoms with E-state index in [0.717, 1.165) is 6.42 Å². The van der Waals surface area contributed by atoms with Gasteiger partial charge in [-0.2, -0.15) is 0 Å². The van der Waals surface area contributed by atoms with Crippen LogP contribution >= 0.6 is 0 Å². The zero-order valence-electron chi connectivity index (χ0n) is 9.91. The molecule has 0 fully saturated rings. The summed E-state index contributed by atoms with van der Waals surface area (Å²) in [7, 11) is 0. The topological polar surface area (TPSA) is 85.9 Å². The van der Waals surface area contributed by atoms with E-state index >= 15 is 0 Å². The molecule has 2 aromatic rings. The second-order valence-electron chi connectivity index (χ2n) is 3.75. The van der Waals surface area contributed by atoms with Crippen molar-refractivity contribution < 1.29 is 4.92 Å². The van der Waals surface area contributed by atoms with Gasteiger partial charge in [-0.05, 0) is 18.6 Å². The minimum atomic E-state index is -0.397. The molecule has 1 heterocycles. The molecule has 0 aliphatic heterocycles. The number of nitrogens with zero attached hydrogens (tertiary/aromatic N) is 4. The maximum absolute atomic E-state index is 11.0. The van der Waals surface area contributed by atoms with E-state index < -0.39 is 4.92 Å². The minimum absolute atomic E-state index is 0.0506. The van der Waals surface area contributed by atoms with Crippen LogP contribution in [-0.4, -0.2) is 26.2 Å². The highest BCUT2D eigenvalue weighted by molar-refractivity contribution is 5.65. The summed E-state index contributed by atoms with van der Waals surface area (Å²) in [5.74, 6) is 0. The van der Waals surface area contributed by atoms with Crippen LogP contribution in [0.1, 0.15) is 13.3 Å². The van der Waals surface area contributed by atoms with E-state index in [1.54, 1.807) is 16.7 Å². The first-order valence-electron chi connectivity index (χ1n) is 5.59. The van der Waals surface area contributed by atoms with Gasteiger partial charge in [-0.1, -0.05) is 6.92 Å². The number of rotatable bonds is 5. The number of hydrogen-bond donors (Lipinski definition) is 1. The van der Waals surface area contributed by atoms with Crippen LogP contribution in [0, 0.1) is 10.1 Å². The van der Waals surface area contributed by atoms with Crippen molar-refractivity contribution in [2.45, 2.75) is 13.3 Å². The Morgan fingerprint density at radius 2 is 2.11 bits per heavy atom. The van der Waals surface area contributed by atoms with Crippen LogP contribution in [0.3, 0.4) is 0 Å². The molecule has 0 aliphatic rings. The molecular weight excluding hydrogens is 234 g/mol. The molecule has 1 N–H and O–H groups in total. The van der Waals surface area contributed by atoms with Gasteiger partial charge in [-0.25, -0.2) is 0 Å². The van der Waals surface area contributed by atoms with Crippen molar-refractivity contribution in [2.75, 3.05) is 11.9 Å². The molecule has 94 valence electrons. The van der Waals surface area contributed by atoms with E-state index in [2.05, 4.69) is 15.5 Å². The lowest BCUT2D eigenvalue weighted by Crippen LogP contribution is -2.04. The molecule has 7 nitrogen and oxygen atoms in total. The van der Waals surface area contributed by atoms with E-state index in [0.29, 0.717) is 17.9 Å². The van der Waals surface area contributed by atoms with Crippen LogP contribution in [0.15, 0.2) is 30.9 Å². The van der Waals surface area contributed by atoms with E-state index in [1.807, 2.05) is 6.92 Å². The van der Waals surface area contributed by atoms with Crippen LogP contribution in [0.25, 0.3) is 5.69 Å². The first-order chi connectivity index (χ1) is 8.72. The molecule has 0 amide bonds. The van der Waals surface area contributed by atoms with Gasteiger partial charge in [0.15, 0.2) is 0 Å². The van der Waals surface area contributed by atoms with Crippen molar-refractivity contribution in [3.63, 3.8) is 0 Å². The molecule has 18 heavy (non-hydrogen) atoms. The Morgan fingerprint density at radius 3 is 2.72 bits per heavy atom. The summed E-state index contributed by atoms with van der Waals surface area (Å²) in [4.78, 5) is 10.6. The Kier molecular flexibility index (Phi) is 3.52. The van der Waals surface area contributed by atoms with Gasteiger partial charge in [0.1, 0.15) is 18.3 Å². The lowest BCUT2D eigenvalue weighted by atomic mass is 10.2. The van der Waals surface area contributed by atoms with Crippen LogP contribution in [0.2, 0.25) is 0 Å². The minimum Gasteiger partial charge on any atom is -0.380 e. The third-order valence-electron chi connectivity index (χ3n) is 2.46. The number of nitro benzene ring substituents is 1. The van der Waals surface area contributed by atoms with Gasteiger partial charge in [0, 0.05) is 12.6 Å². The average molecular weight is 247 g/mol. The van der Waals surface area contributed by atoms with Crippen molar-refractivity contribution in [1.29, 1.82) is 0 Å². The highest BCUT2D eigenvalue weighted by Crippen LogP contribution is 2.26. The molecule has 0 radical (unpaired) electrons. The van der Waals surface area contributed by atoms with Crippen molar-refractivity contribution in [2.24, 2.45) is 0 Å². The number of nitrogens with one attached hydrogen (secondary N) is 1. The predicted molar refractivity (Wildman–Crippen MR) is 66.8 cm³/mol. The normalized spacial score (nSPS) is 10.3. The van der Waals surface area contributed by atoms with E-state index in [4.69, 9.17) is 0 Å². The Labute approximate surface area is 104 Å². The summed E-state index contributed by atoms with van der Waals surface area (Å²) in [5, 5.41) is 21.4. The highest BCUT2D eigenvalue weighted by Gasteiger charge is 2.14. The second-order valence-corrected chi connectivity index (χ2v) is 3.75. The molecule has 7 heteroatoms. The molecule has 0 atom stereocenters. The zero-order chi connectivity index (χ0) is 13.0. The average Bonchev–Trinajstić information content (AvgIpc) is 2.90. The van der Waals surface area contributed by atoms with Crippen molar-refractivity contribution in [3.05, 3.63) is 41.0 Å². The maximum atomic E-state index is 11.0. The van der Waals surface area contributed by atoms with Gasteiger partial charge in [0.2, 0.25) is 0 Å². The second kappa shape index (κ2) is 5.26. The number of anilines is 1. The fourth-order valence-electron chi connectivity index (χ4n) is 1.57. The third-order valence-corrected chi connectivity index (χ3v) is 2.46. The summed E-state index contributed by atoms with van der Waals surface area (Å²) >= 11 is 0. The Bertz CT molecular complexity index is 538. The number of aromatic nitrogens is 3. The van der Waals surface area contributed by atoms with Gasteiger partial charge >= 0.3 is 0 Å². The zero-order valence-corrected chi connectivity index (χ0v) is 9.91. The van der Waals surface area contributed by atoms with Crippen LogP contribution in [0.4, 0.5) is 11.4 Å². The fourth-order valence-corrected chi connectivity index (χ4v) is 1.57. The monoisotopic (exact) mass is 247 g/mol. The lowest BCUT2D eigenvalue weighted by Gasteiger charge is -2.07. The van der Waals surface area contributed by atoms with Crippen molar-refractivity contribution in [1.82, 2.24) is 14.8 Å². The molecule has 0 saturated carbocycles. The molecule has 0 aliphatic carbocycles. The van der Waals surface area contributed by atoms with Crippen molar-refractivity contribution in [3.8, 4) is 5.69 Å². The Balaban J connectivity index is 2.37. The molecule has 1 aromatic heterocycles. The molecule has 1 aromatic carbocycles. The number of nitro groups is 1. The van der Waals surface area contributed by atoms with E-state index in [9.17, 15) is 10.1 Å². The molecule has 0 unspecified atom stereocenters. The Morgan fingerprint density at radius 1 is 1.39 bits per heavy atom. The number of benzene rings is 1. The largest absolute Gasteiger partial charge is 0.380 e. The molecule has 0 saturated heterocycles. The van der Waals surface area contributed by atoms with Gasteiger partial charge in [-0.3, -0.25) is 14.7 Å². The smallest absolute Gasteiger partial charge is 0.294 e. The van der Waals surface area contributed by atoms with E-state index in [-0.39, 0.29) is 5.69 Å². The molecule has 0 bridgehead atoms. The Hall–Kier alpha value is -2.44. The summed E-state index contributed by atoms with van der Waals surface area (Å²) in [6.45, 7) is 2.71. The predicted octanol–water partition coefficient (Wildman–Crippen LogP) is 2.00. The fraction of sp³-hybridized carbons (Fsp3) is 0.273. The quantitative estimate of drug-likeness (QED) is 0.645. The molecule has 0 spiro atoms. The molecule has 2 rings (SSSR count). The summed E-state index contributed by atoms with van der Waals surface area (Å²) in [6.07, 6.45) is 3.90. The first kappa shape index (κ1) is 12.0. The highest BCUT2D eigenvalue weighted by atomic mass is 16.6. The lowest BCUT2D eigenvalue weighted by molar-refractivity contribution is -0.383. The van der Waals surface area contributed by atoms with Crippen molar-refractivity contribution >= 4 is 11.4 Å². The summed E-state index contributed by atoms with van der Waals surface area (Å²) < 4.78 is 1.62. The van der Waals surface area contributed by atoms with Gasteiger partial charge in [-0.15, -0.1) is 10.2 Å². The summed E-state index contributed by atoms with van der Waals surface area (Å²) in [6, 6.07) is 4.98. The maximum Gasteiger partial charge on any atom is 0.294 e. The standard InChI is InChI=1S/C11H13N5O2/c1-2-5-12-10-4-3-9(6-11(10)16(17)18)15-7-13-14-8-15/h3-4,6-8,12H,2,5H2,1H3. The first-order valence-corrected chi connectivity index (χ1v) is 5.59. The molecular formula is C11H13N5O2. The van der Waals surface area contributed by atoms with Gasteiger partial charge < -0.3 is 5.32 Å². The van der Waals surface area contributed by atoms with Gasteiger partial charge in [0.25, 0.3) is 5.69 Å². The third kappa shape index (κ3) is 2.45. The summed E-state index contributed by atoms with van der Waals surface area (Å²) in [5.41, 5.74) is 1.24. The van der Waals surface area contributed by atoms with Gasteiger partial charge in [0.05, 0.1) is 10.6 Å². The SMILES string of the molecule is CCCNc1ccc(-n2cnnc2)cc1[N+](=O)[O-]. The van der Waals surface area contributed by atoms with Crippen LogP contribution in [-0.2, 0) is 0 Å². The van der Waals surface area contributed by atoms with Crippen LogP contribution < -0.4 is 5.32 Å². The van der Waals surface area contributed by atoms with E-state index in [1.165, 1.54) is 18.7 Å². The van der Waals surface area contributed by atoms with Crippen LogP contribution in [0.5, 0.6) is 0 Å².